The zero-order valence-corrected chi connectivity index (χ0v) is 30.7. The number of hydrogen-bond donors (Lipinski definition) is 1. The number of rotatable bonds is 39. The number of aliphatic hydroxyl groups is 1. The molecule has 0 saturated heterocycles. The maximum absolute atomic E-state index is 8.59. The molecule has 0 heterocycles. The Kier molecular flexibility index (Phi) is 34.8. The molecule has 0 unspecified atom stereocenters. The number of benzene rings is 1. The topological polar surface area (TPSA) is 113 Å². The van der Waals surface area contributed by atoms with E-state index in [1.807, 2.05) is 6.92 Å². The Morgan fingerprint density at radius 2 is 0.878 bits per heavy atom. The minimum absolute atomic E-state index is 0.0272. The first-order valence-electron chi connectivity index (χ1n) is 18.5. The molecule has 0 spiro atoms. The van der Waals surface area contributed by atoms with Crippen molar-refractivity contribution in [3.63, 3.8) is 0 Å². The van der Waals surface area contributed by atoms with E-state index in [1.54, 1.807) is 0 Å². The molecule has 11 nitrogen and oxygen atoms in total. The number of hydrogen-bond acceptors (Lipinski definition) is 11. The molecule has 0 atom stereocenters. The highest BCUT2D eigenvalue weighted by atomic mass is 16.6. The molecule has 1 aromatic rings. The van der Waals surface area contributed by atoms with E-state index in [-0.39, 0.29) is 6.61 Å². The van der Waals surface area contributed by atoms with Gasteiger partial charge in [-0.1, -0.05) is 63.7 Å². The van der Waals surface area contributed by atoms with E-state index < -0.39 is 0 Å². The van der Waals surface area contributed by atoms with Crippen LogP contribution in [-0.4, -0.2) is 137 Å². The standard InChI is InChI=1S/C38H68O11/c1-3-5-6-7-8-9-10-12-36-13-14-38(37(35-36)11-4-2)49-34-33-48-32-31-47-30-29-46-28-27-45-26-25-44-24-23-43-22-21-42-20-19-41-18-17-40-16-15-39/h4,11,13-14,35,39H,3,5-10,12,15-34H2,1-2H3/b11-4-. The van der Waals surface area contributed by atoms with Crippen LogP contribution in [0.15, 0.2) is 24.3 Å². The van der Waals surface area contributed by atoms with E-state index >= 15 is 0 Å². The summed E-state index contributed by atoms with van der Waals surface area (Å²) in [6, 6.07) is 6.54. The Balaban J connectivity index is 1.84. The first-order valence-corrected chi connectivity index (χ1v) is 18.5. The van der Waals surface area contributed by atoms with Crippen LogP contribution in [0.25, 0.3) is 6.08 Å². The van der Waals surface area contributed by atoms with Gasteiger partial charge in [-0.05, 0) is 37.5 Å². The van der Waals surface area contributed by atoms with E-state index in [2.05, 4.69) is 37.3 Å². The van der Waals surface area contributed by atoms with Gasteiger partial charge in [-0.15, -0.1) is 0 Å². The van der Waals surface area contributed by atoms with E-state index in [0.29, 0.717) is 126 Å². The molecule has 1 rings (SSSR count). The zero-order valence-electron chi connectivity index (χ0n) is 30.7. The second-order valence-electron chi connectivity index (χ2n) is 11.3. The summed E-state index contributed by atoms with van der Waals surface area (Å²) in [5.41, 5.74) is 2.50. The van der Waals surface area contributed by atoms with Crippen LogP contribution in [0, 0.1) is 0 Å². The highest BCUT2D eigenvalue weighted by molar-refractivity contribution is 5.58. The fourth-order valence-corrected chi connectivity index (χ4v) is 4.62. The van der Waals surface area contributed by atoms with Crippen molar-refractivity contribution in [3.8, 4) is 5.75 Å². The van der Waals surface area contributed by atoms with Gasteiger partial charge in [0.2, 0.25) is 0 Å². The van der Waals surface area contributed by atoms with Gasteiger partial charge in [-0.25, -0.2) is 0 Å². The molecule has 0 bridgehead atoms. The van der Waals surface area contributed by atoms with Gasteiger partial charge in [0.1, 0.15) is 12.4 Å². The molecule has 0 saturated carbocycles. The van der Waals surface area contributed by atoms with Crippen LogP contribution in [0.4, 0.5) is 0 Å². The van der Waals surface area contributed by atoms with Gasteiger partial charge >= 0.3 is 0 Å². The normalized spacial score (nSPS) is 11.7. The first-order chi connectivity index (χ1) is 24.3. The minimum Gasteiger partial charge on any atom is -0.491 e. The van der Waals surface area contributed by atoms with Crippen LogP contribution in [0.2, 0.25) is 0 Å². The number of ether oxygens (including phenoxy) is 10. The van der Waals surface area contributed by atoms with Crippen LogP contribution in [0.1, 0.15) is 69.9 Å². The molecule has 0 aliphatic rings. The number of aliphatic hydroxyl groups excluding tert-OH is 1. The lowest BCUT2D eigenvalue weighted by molar-refractivity contribution is -0.0258. The Labute approximate surface area is 296 Å². The molecule has 0 aliphatic heterocycles. The van der Waals surface area contributed by atoms with E-state index in [9.17, 15) is 0 Å². The summed E-state index contributed by atoms with van der Waals surface area (Å²) in [4.78, 5) is 0. The SMILES string of the molecule is C/C=C\c1cc(CCCCCCCCC)ccc1OCCOCCOCCOCCOCCOCCOCCOCCOCCOCCO. The monoisotopic (exact) mass is 700 g/mol. The molecule has 1 aromatic carbocycles. The summed E-state index contributed by atoms with van der Waals surface area (Å²) >= 11 is 0. The third kappa shape index (κ3) is 30.9. The van der Waals surface area contributed by atoms with Crippen LogP contribution < -0.4 is 4.74 Å². The quantitative estimate of drug-likeness (QED) is 0.0875. The number of unbranched alkanes of at least 4 members (excludes halogenated alkanes) is 6. The molecule has 0 radical (unpaired) electrons. The smallest absolute Gasteiger partial charge is 0.126 e. The second kappa shape index (κ2) is 37.6. The van der Waals surface area contributed by atoms with Crippen molar-refractivity contribution in [3.05, 3.63) is 35.4 Å². The Hall–Kier alpha value is -1.64. The lowest BCUT2D eigenvalue weighted by Crippen LogP contribution is -2.15. The summed E-state index contributed by atoms with van der Waals surface area (Å²) in [5.74, 6) is 0.899. The molecule has 286 valence electrons. The summed E-state index contributed by atoms with van der Waals surface area (Å²) in [7, 11) is 0. The average Bonchev–Trinajstić information content (AvgIpc) is 3.11. The van der Waals surface area contributed by atoms with Crippen molar-refractivity contribution >= 4 is 6.08 Å². The van der Waals surface area contributed by atoms with Gasteiger partial charge in [-0.2, -0.15) is 0 Å². The van der Waals surface area contributed by atoms with E-state index in [1.165, 1.54) is 50.5 Å². The van der Waals surface area contributed by atoms with Crippen molar-refractivity contribution in [2.24, 2.45) is 0 Å². The molecular formula is C38H68O11. The lowest BCUT2D eigenvalue weighted by Gasteiger charge is -2.12. The zero-order chi connectivity index (χ0) is 35.1. The molecular weight excluding hydrogens is 632 g/mol. The highest BCUT2D eigenvalue weighted by Gasteiger charge is 2.04. The Morgan fingerprint density at radius 3 is 1.29 bits per heavy atom. The third-order valence-corrected chi connectivity index (χ3v) is 7.19. The number of aryl methyl sites for hydroxylation is 1. The fraction of sp³-hybridized carbons (Fsp3) is 0.789. The third-order valence-electron chi connectivity index (χ3n) is 7.19. The minimum atomic E-state index is 0.0272. The second-order valence-corrected chi connectivity index (χ2v) is 11.3. The van der Waals surface area contributed by atoms with E-state index in [0.717, 1.165) is 17.7 Å². The predicted molar refractivity (Wildman–Crippen MR) is 193 cm³/mol. The van der Waals surface area contributed by atoms with Gasteiger partial charge in [-0.3, -0.25) is 0 Å². The van der Waals surface area contributed by atoms with Crippen molar-refractivity contribution < 1.29 is 52.5 Å². The Morgan fingerprint density at radius 1 is 0.490 bits per heavy atom. The average molecular weight is 701 g/mol. The van der Waals surface area contributed by atoms with Crippen molar-refractivity contribution in [2.45, 2.75) is 65.2 Å². The van der Waals surface area contributed by atoms with Crippen LogP contribution >= 0.6 is 0 Å². The van der Waals surface area contributed by atoms with Gasteiger partial charge in [0.15, 0.2) is 0 Å². The van der Waals surface area contributed by atoms with Gasteiger partial charge in [0, 0.05) is 5.56 Å². The Bertz CT molecular complexity index is 840. The van der Waals surface area contributed by atoms with Gasteiger partial charge in [0.05, 0.1) is 126 Å². The molecule has 1 N–H and O–H groups in total. The predicted octanol–water partition coefficient (Wildman–Crippen LogP) is 5.53. The van der Waals surface area contributed by atoms with Crippen molar-refractivity contribution in [1.29, 1.82) is 0 Å². The summed E-state index contributed by atoms with van der Waals surface area (Å²) in [6.45, 7) is 13.8. The van der Waals surface area contributed by atoms with Crippen molar-refractivity contribution in [2.75, 3.05) is 132 Å². The molecule has 49 heavy (non-hydrogen) atoms. The van der Waals surface area contributed by atoms with E-state index in [4.69, 9.17) is 52.5 Å². The summed E-state index contributed by atoms with van der Waals surface area (Å²) in [5, 5.41) is 8.59. The lowest BCUT2D eigenvalue weighted by atomic mass is 10.0. The summed E-state index contributed by atoms with van der Waals surface area (Å²) < 4.78 is 55.1. The van der Waals surface area contributed by atoms with Crippen LogP contribution in [-0.2, 0) is 49.1 Å². The molecule has 11 heteroatoms. The fourth-order valence-electron chi connectivity index (χ4n) is 4.62. The van der Waals surface area contributed by atoms with Crippen molar-refractivity contribution in [1.82, 2.24) is 0 Å². The van der Waals surface area contributed by atoms with Gasteiger partial charge < -0.3 is 52.5 Å². The molecule has 0 aliphatic carbocycles. The van der Waals surface area contributed by atoms with Gasteiger partial charge in [0.25, 0.3) is 0 Å². The van der Waals surface area contributed by atoms with Crippen LogP contribution in [0.3, 0.4) is 0 Å². The number of allylic oxidation sites excluding steroid dienone is 1. The highest BCUT2D eigenvalue weighted by Crippen LogP contribution is 2.23. The molecule has 0 aromatic heterocycles. The first kappa shape index (κ1) is 45.4. The maximum Gasteiger partial charge on any atom is 0.126 e. The van der Waals surface area contributed by atoms with Crippen LogP contribution in [0.5, 0.6) is 5.75 Å². The maximum atomic E-state index is 8.59. The molecule has 0 amide bonds. The largest absolute Gasteiger partial charge is 0.491 e. The molecule has 0 fully saturated rings. The summed E-state index contributed by atoms with van der Waals surface area (Å²) in [6.07, 6.45) is 14.6.